The lowest BCUT2D eigenvalue weighted by Crippen LogP contribution is -2.22. The Balaban J connectivity index is 1.88. The van der Waals surface area contributed by atoms with Gasteiger partial charge in [0.15, 0.2) is 0 Å². The summed E-state index contributed by atoms with van der Waals surface area (Å²) in [7, 11) is 1.78. The second-order valence-corrected chi connectivity index (χ2v) is 4.81. The topological polar surface area (TPSA) is 89.5 Å². The first-order valence-corrected chi connectivity index (χ1v) is 6.74. The van der Waals surface area contributed by atoms with E-state index in [9.17, 15) is 10.1 Å². The molecule has 0 bridgehead atoms. The van der Waals surface area contributed by atoms with Crippen molar-refractivity contribution in [3.8, 4) is 0 Å². The highest BCUT2D eigenvalue weighted by Gasteiger charge is 2.24. The molecule has 0 atom stereocenters. The number of pyridine rings is 1. The number of imidazole rings is 1. The molecule has 3 heterocycles. The zero-order chi connectivity index (χ0) is 15.5. The summed E-state index contributed by atoms with van der Waals surface area (Å²) in [5.41, 5.74) is 1.39. The Kier molecular flexibility index (Phi) is 3.65. The molecular weight excluding hydrogens is 284 g/mol. The number of likely N-dealkylation sites (N-methyl/N-ethyl adjacent to an activating group) is 1. The fraction of sp³-hybridized carbons (Fsp3) is 0.214. The van der Waals surface area contributed by atoms with Crippen LogP contribution in [0.1, 0.15) is 5.69 Å². The Morgan fingerprint density at radius 3 is 2.95 bits per heavy atom. The zero-order valence-corrected chi connectivity index (χ0v) is 12.0. The molecule has 112 valence electrons. The molecule has 8 heteroatoms. The second-order valence-electron chi connectivity index (χ2n) is 4.81. The molecule has 0 N–H and O–H groups in total. The first-order valence-electron chi connectivity index (χ1n) is 6.74. The minimum atomic E-state index is -0.409. The largest absolute Gasteiger partial charge is 0.372 e. The molecule has 0 unspecified atom stereocenters. The van der Waals surface area contributed by atoms with Gasteiger partial charge in [-0.1, -0.05) is 6.07 Å². The maximum atomic E-state index is 11.4. The van der Waals surface area contributed by atoms with Gasteiger partial charge < -0.3 is 15.0 Å². The predicted octanol–water partition coefficient (Wildman–Crippen LogP) is 1.71. The van der Waals surface area contributed by atoms with E-state index >= 15 is 0 Å². The van der Waals surface area contributed by atoms with Gasteiger partial charge >= 0.3 is 5.82 Å². The Bertz CT molecular complexity index is 801. The molecule has 0 fully saturated rings. The van der Waals surface area contributed by atoms with Gasteiger partial charge in [0.05, 0.1) is 11.9 Å². The summed E-state index contributed by atoms with van der Waals surface area (Å²) >= 11 is 0. The van der Waals surface area contributed by atoms with Gasteiger partial charge in [0, 0.05) is 44.7 Å². The summed E-state index contributed by atoms with van der Waals surface area (Å²) in [6.45, 7) is 0.559. The Morgan fingerprint density at radius 1 is 1.36 bits per heavy atom. The average Bonchev–Trinajstić information content (AvgIpc) is 2.93. The molecule has 8 nitrogen and oxygen atoms in total. The number of nitrogens with zero attached hydrogens (tertiary/aromatic N) is 6. The zero-order valence-electron chi connectivity index (χ0n) is 12.0. The molecule has 0 aliphatic carbocycles. The molecule has 0 saturated carbocycles. The lowest BCUT2D eigenvalue weighted by atomic mass is 10.3. The molecule has 0 amide bonds. The van der Waals surface area contributed by atoms with Gasteiger partial charge in [-0.25, -0.2) is 0 Å². The van der Waals surface area contributed by atoms with Gasteiger partial charge in [-0.15, -0.1) is 0 Å². The summed E-state index contributed by atoms with van der Waals surface area (Å²) in [6.07, 6.45) is 7.20. The third-order valence-corrected chi connectivity index (χ3v) is 3.34. The molecule has 0 aliphatic heterocycles. The van der Waals surface area contributed by atoms with Crippen LogP contribution in [0.5, 0.6) is 0 Å². The first kappa shape index (κ1) is 13.9. The predicted molar refractivity (Wildman–Crippen MR) is 80.9 cm³/mol. The summed E-state index contributed by atoms with van der Waals surface area (Å²) in [6, 6.07) is 5.29. The van der Waals surface area contributed by atoms with Crippen molar-refractivity contribution >= 4 is 17.3 Å². The van der Waals surface area contributed by atoms with Crippen LogP contribution in [0.15, 0.2) is 43.0 Å². The molecule has 22 heavy (non-hydrogen) atoms. The summed E-state index contributed by atoms with van der Waals surface area (Å²) in [5, 5.41) is 11.4. The number of hydrogen-bond donors (Lipinski definition) is 0. The fourth-order valence-corrected chi connectivity index (χ4v) is 2.24. The number of nitro groups is 1. The van der Waals surface area contributed by atoms with Crippen LogP contribution >= 0.6 is 0 Å². The third-order valence-electron chi connectivity index (χ3n) is 3.34. The van der Waals surface area contributed by atoms with Crippen molar-refractivity contribution in [2.45, 2.75) is 6.42 Å². The maximum Gasteiger partial charge on any atom is 0.372 e. The standard InChI is InChI=1S/C14H14N6O2/c1-18(9-5-11-10-15-6-7-16-11)13-14(20(21)22)19-8-3-2-4-12(19)17-13/h2-4,6-8,10H,5,9H2,1H3. The smallest absolute Gasteiger partial charge is 0.358 e. The lowest BCUT2D eigenvalue weighted by molar-refractivity contribution is -0.389. The third kappa shape index (κ3) is 2.58. The van der Waals surface area contributed by atoms with Crippen molar-refractivity contribution < 1.29 is 4.92 Å². The number of hydrogen-bond acceptors (Lipinski definition) is 6. The van der Waals surface area contributed by atoms with E-state index in [0.29, 0.717) is 24.4 Å². The van der Waals surface area contributed by atoms with Crippen LogP contribution in [0.2, 0.25) is 0 Å². The highest BCUT2D eigenvalue weighted by atomic mass is 16.6. The minimum absolute atomic E-state index is 0.0303. The fourth-order valence-electron chi connectivity index (χ4n) is 2.24. The lowest BCUT2D eigenvalue weighted by Gasteiger charge is -2.15. The molecule has 0 spiro atoms. The SMILES string of the molecule is CN(CCc1cnccn1)c1nc2ccccn2c1[N+](=O)[O-]. The van der Waals surface area contributed by atoms with Crippen LogP contribution in [-0.4, -0.2) is 37.9 Å². The quantitative estimate of drug-likeness (QED) is 0.526. The summed E-state index contributed by atoms with van der Waals surface area (Å²) in [5.74, 6) is 0.317. The van der Waals surface area contributed by atoms with Gasteiger partial charge in [0.2, 0.25) is 11.5 Å². The Hall–Kier alpha value is -3.03. The molecule has 3 rings (SSSR count). The summed E-state index contributed by atoms with van der Waals surface area (Å²) < 4.78 is 1.48. The van der Waals surface area contributed by atoms with Crippen LogP contribution in [-0.2, 0) is 6.42 Å². The number of rotatable bonds is 5. The van der Waals surface area contributed by atoms with E-state index in [1.165, 1.54) is 4.40 Å². The Morgan fingerprint density at radius 2 is 2.23 bits per heavy atom. The molecule has 3 aromatic rings. The highest BCUT2D eigenvalue weighted by molar-refractivity contribution is 5.63. The second kappa shape index (κ2) is 5.76. The van der Waals surface area contributed by atoms with E-state index in [2.05, 4.69) is 15.0 Å². The van der Waals surface area contributed by atoms with Crippen LogP contribution in [0.3, 0.4) is 0 Å². The van der Waals surface area contributed by atoms with Gasteiger partial charge in [0.25, 0.3) is 0 Å². The average molecular weight is 298 g/mol. The van der Waals surface area contributed by atoms with E-state index in [1.807, 2.05) is 0 Å². The van der Waals surface area contributed by atoms with E-state index in [-0.39, 0.29) is 5.82 Å². The van der Waals surface area contributed by atoms with Crippen LogP contribution in [0, 0.1) is 10.1 Å². The van der Waals surface area contributed by atoms with Crippen molar-refractivity contribution in [3.05, 3.63) is 58.8 Å². The maximum absolute atomic E-state index is 11.4. The van der Waals surface area contributed by atoms with Gasteiger partial charge in [-0.05, 0) is 11.0 Å². The number of aromatic nitrogens is 4. The van der Waals surface area contributed by atoms with E-state index in [1.54, 1.807) is 54.9 Å². The molecular formula is C14H14N6O2. The molecule has 0 aliphatic rings. The van der Waals surface area contributed by atoms with Crippen molar-refractivity contribution in [2.75, 3.05) is 18.5 Å². The number of fused-ring (bicyclic) bond motifs is 1. The number of anilines is 1. The van der Waals surface area contributed by atoms with Gasteiger partial charge in [-0.3, -0.25) is 9.97 Å². The van der Waals surface area contributed by atoms with Gasteiger partial charge in [-0.2, -0.15) is 9.38 Å². The highest BCUT2D eigenvalue weighted by Crippen LogP contribution is 2.27. The van der Waals surface area contributed by atoms with Crippen LogP contribution in [0.25, 0.3) is 5.65 Å². The van der Waals surface area contributed by atoms with Crippen molar-refractivity contribution in [2.24, 2.45) is 0 Å². The normalized spacial score (nSPS) is 10.8. The monoisotopic (exact) mass is 298 g/mol. The van der Waals surface area contributed by atoms with Crippen LogP contribution < -0.4 is 4.90 Å². The molecule has 0 saturated heterocycles. The van der Waals surface area contributed by atoms with E-state index in [0.717, 1.165) is 5.69 Å². The van der Waals surface area contributed by atoms with Gasteiger partial charge in [0.1, 0.15) is 0 Å². The van der Waals surface area contributed by atoms with E-state index in [4.69, 9.17) is 0 Å². The Labute approximate surface area is 126 Å². The molecule has 3 aromatic heterocycles. The van der Waals surface area contributed by atoms with E-state index < -0.39 is 4.92 Å². The van der Waals surface area contributed by atoms with Crippen molar-refractivity contribution in [1.82, 2.24) is 19.4 Å². The van der Waals surface area contributed by atoms with Crippen molar-refractivity contribution in [3.63, 3.8) is 0 Å². The minimum Gasteiger partial charge on any atom is -0.358 e. The molecule has 0 radical (unpaired) electrons. The van der Waals surface area contributed by atoms with Crippen LogP contribution in [0.4, 0.5) is 11.6 Å². The van der Waals surface area contributed by atoms with Crippen molar-refractivity contribution in [1.29, 1.82) is 0 Å². The first-order chi connectivity index (χ1) is 10.7. The summed E-state index contributed by atoms with van der Waals surface area (Å²) in [4.78, 5) is 25.3. The molecule has 0 aromatic carbocycles.